The highest BCUT2D eigenvalue weighted by atomic mass is 79.9. The normalized spacial score (nSPS) is 9.93. The zero-order chi connectivity index (χ0) is 10.8. The first kappa shape index (κ1) is 9.94. The van der Waals surface area contributed by atoms with Crippen molar-refractivity contribution < 1.29 is 4.52 Å². The fourth-order valence-electron chi connectivity index (χ4n) is 1.31. The minimum atomic E-state index is 0.270. The molecule has 2 aromatic rings. The molecule has 0 saturated carbocycles. The van der Waals surface area contributed by atoms with Crippen LogP contribution >= 0.6 is 15.9 Å². The lowest BCUT2D eigenvalue weighted by Gasteiger charge is -1.97. The monoisotopic (exact) mass is 262 g/mol. The lowest BCUT2D eigenvalue weighted by molar-refractivity contribution is 0.430. The third kappa shape index (κ3) is 1.79. The molecule has 15 heavy (non-hydrogen) atoms. The van der Waals surface area contributed by atoms with Gasteiger partial charge < -0.3 is 4.52 Å². The van der Waals surface area contributed by atoms with Crippen LogP contribution in [0.3, 0.4) is 0 Å². The Labute approximate surface area is 95.4 Å². The van der Waals surface area contributed by atoms with E-state index in [1.807, 2.05) is 37.3 Å². The van der Waals surface area contributed by atoms with Crippen LogP contribution in [0.4, 0.5) is 0 Å². The van der Waals surface area contributed by atoms with Gasteiger partial charge in [-0.1, -0.05) is 28.9 Å². The summed E-state index contributed by atoms with van der Waals surface area (Å²) in [5, 5.41) is 12.4. The third-order valence-corrected chi connectivity index (χ3v) is 2.76. The first-order valence-electron chi connectivity index (χ1n) is 4.34. The van der Waals surface area contributed by atoms with E-state index in [1.165, 1.54) is 0 Å². The summed E-state index contributed by atoms with van der Waals surface area (Å²) >= 11 is 3.29. The van der Waals surface area contributed by atoms with Gasteiger partial charge in [0.05, 0.1) is 0 Å². The van der Waals surface area contributed by atoms with Crippen molar-refractivity contribution in [3.8, 4) is 17.4 Å². The molecule has 0 radical (unpaired) electrons. The Kier molecular flexibility index (Phi) is 2.57. The first-order valence-corrected chi connectivity index (χ1v) is 5.14. The Balaban J connectivity index is 2.56. The molecule has 0 fully saturated rings. The molecule has 0 aliphatic carbocycles. The summed E-state index contributed by atoms with van der Waals surface area (Å²) in [6.45, 7) is 2.00. The molecule has 0 N–H and O–H groups in total. The lowest BCUT2D eigenvalue weighted by Crippen LogP contribution is -1.77. The Morgan fingerprint density at radius 3 is 2.87 bits per heavy atom. The molecule has 4 heteroatoms. The summed E-state index contributed by atoms with van der Waals surface area (Å²) in [7, 11) is 0. The van der Waals surface area contributed by atoms with Crippen LogP contribution in [0.15, 0.2) is 33.3 Å². The van der Waals surface area contributed by atoms with Gasteiger partial charge in [-0.15, -0.1) is 0 Å². The van der Waals surface area contributed by atoms with Gasteiger partial charge in [-0.05, 0) is 28.9 Å². The van der Waals surface area contributed by atoms with E-state index in [9.17, 15) is 0 Å². The van der Waals surface area contributed by atoms with Crippen molar-refractivity contribution in [3.63, 3.8) is 0 Å². The van der Waals surface area contributed by atoms with Crippen LogP contribution in [0.25, 0.3) is 11.3 Å². The van der Waals surface area contributed by atoms with E-state index < -0.39 is 0 Å². The number of nitriles is 1. The molecular weight excluding hydrogens is 256 g/mol. The molecule has 2 rings (SSSR count). The van der Waals surface area contributed by atoms with Crippen LogP contribution in [0.1, 0.15) is 11.3 Å². The fourth-order valence-corrected chi connectivity index (χ4v) is 1.78. The van der Waals surface area contributed by atoms with Crippen LogP contribution in [0.2, 0.25) is 0 Å². The minimum absolute atomic E-state index is 0.270. The summed E-state index contributed by atoms with van der Waals surface area (Å²) in [5.41, 5.74) is 2.32. The molecular formula is C11H7BrN2O. The fraction of sp³-hybridized carbons (Fsp3) is 0.0909. The van der Waals surface area contributed by atoms with E-state index in [2.05, 4.69) is 21.1 Å². The Bertz CT molecular complexity index is 540. The molecule has 0 saturated heterocycles. The molecule has 0 spiro atoms. The highest BCUT2D eigenvalue weighted by Crippen LogP contribution is 2.30. The maximum Gasteiger partial charge on any atom is 0.198 e. The zero-order valence-corrected chi connectivity index (χ0v) is 9.58. The molecule has 1 heterocycles. The number of nitrogens with zero attached hydrogens (tertiary/aromatic N) is 2. The number of hydrogen-bond donors (Lipinski definition) is 0. The zero-order valence-electron chi connectivity index (χ0n) is 7.99. The smallest absolute Gasteiger partial charge is 0.198 e. The minimum Gasteiger partial charge on any atom is -0.354 e. The van der Waals surface area contributed by atoms with Crippen LogP contribution in [-0.2, 0) is 0 Å². The van der Waals surface area contributed by atoms with Crippen LogP contribution in [0.5, 0.6) is 0 Å². The summed E-state index contributed by atoms with van der Waals surface area (Å²) in [4.78, 5) is 0. The number of rotatable bonds is 1. The maximum atomic E-state index is 8.73. The first-order chi connectivity index (χ1) is 7.22. The van der Waals surface area contributed by atoms with Crippen molar-refractivity contribution in [1.29, 1.82) is 5.26 Å². The van der Waals surface area contributed by atoms with Gasteiger partial charge in [0.1, 0.15) is 10.5 Å². The van der Waals surface area contributed by atoms with E-state index in [0.717, 1.165) is 11.1 Å². The highest BCUT2D eigenvalue weighted by Gasteiger charge is 2.14. The van der Waals surface area contributed by atoms with Crippen molar-refractivity contribution >= 4 is 15.9 Å². The average Bonchev–Trinajstić information content (AvgIpc) is 2.59. The molecule has 0 amide bonds. The van der Waals surface area contributed by atoms with E-state index in [4.69, 9.17) is 9.78 Å². The average molecular weight is 263 g/mol. The van der Waals surface area contributed by atoms with Crippen molar-refractivity contribution in [1.82, 2.24) is 5.16 Å². The van der Waals surface area contributed by atoms with Gasteiger partial charge in [0.25, 0.3) is 0 Å². The van der Waals surface area contributed by atoms with E-state index in [1.54, 1.807) is 0 Å². The van der Waals surface area contributed by atoms with Gasteiger partial charge in [-0.25, -0.2) is 0 Å². The maximum absolute atomic E-state index is 8.73. The van der Waals surface area contributed by atoms with Gasteiger partial charge in [0, 0.05) is 5.56 Å². The van der Waals surface area contributed by atoms with E-state index >= 15 is 0 Å². The largest absolute Gasteiger partial charge is 0.354 e. The Hall–Kier alpha value is -1.60. The summed E-state index contributed by atoms with van der Waals surface area (Å²) in [6, 6.07) is 9.78. The van der Waals surface area contributed by atoms with Gasteiger partial charge >= 0.3 is 0 Å². The predicted octanol–water partition coefficient (Wildman–Crippen LogP) is 3.28. The SMILES string of the molecule is Cc1cccc(-c2onc(C#N)c2Br)c1. The second kappa shape index (κ2) is 3.87. The lowest BCUT2D eigenvalue weighted by atomic mass is 10.1. The highest BCUT2D eigenvalue weighted by molar-refractivity contribution is 9.10. The molecule has 3 nitrogen and oxygen atoms in total. The second-order valence-corrected chi connectivity index (χ2v) is 3.95. The summed E-state index contributed by atoms with van der Waals surface area (Å²) in [5.74, 6) is 0.593. The van der Waals surface area contributed by atoms with Gasteiger partial charge in [0.15, 0.2) is 11.5 Å². The molecule has 0 aliphatic rings. The van der Waals surface area contributed by atoms with E-state index in [0.29, 0.717) is 10.2 Å². The van der Waals surface area contributed by atoms with Crippen molar-refractivity contribution in [2.45, 2.75) is 6.92 Å². The topological polar surface area (TPSA) is 49.8 Å². The predicted molar refractivity (Wildman–Crippen MR) is 59.1 cm³/mol. The quantitative estimate of drug-likeness (QED) is 0.793. The second-order valence-electron chi connectivity index (χ2n) is 3.16. The van der Waals surface area contributed by atoms with Crippen molar-refractivity contribution in [3.05, 3.63) is 40.0 Å². The van der Waals surface area contributed by atoms with Gasteiger partial charge in [0.2, 0.25) is 0 Å². The van der Waals surface area contributed by atoms with Gasteiger partial charge in [-0.2, -0.15) is 5.26 Å². The van der Waals surface area contributed by atoms with Crippen molar-refractivity contribution in [2.75, 3.05) is 0 Å². The number of aryl methyl sites for hydroxylation is 1. The summed E-state index contributed by atoms with van der Waals surface area (Å²) in [6.07, 6.45) is 0. The van der Waals surface area contributed by atoms with Crippen molar-refractivity contribution in [2.24, 2.45) is 0 Å². The molecule has 0 bridgehead atoms. The molecule has 74 valence electrons. The number of hydrogen-bond acceptors (Lipinski definition) is 3. The standard InChI is InChI=1S/C11H7BrN2O/c1-7-3-2-4-8(5-7)11-10(12)9(6-13)14-15-11/h2-5H,1H3. The van der Waals surface area contributed by atoms with E-state index in [-0.39, 0.29) is 5.69 Å². The third-order valence-electron chi connectivity index (χ3n) is 2.02. The molecule has 1 aromatic carbocycles. The summed E-state index contributed by atoms with van der Waals surface area (Å²) < 4.78 is 5.72. The number of benzene rings is 1. The van der Waals surface area contributed by atoms with Crippen LogP contribution in [0, 0.1) is 18.3 Å². The molecule has 0 unspecified atom stereocenters. The van der Waals surface area contributed by atoms with Crippen LogP contribution < -0.4 is 0 Å². The number of halogens is 1. The molecule has 0 aliphatic heterocycles. The molecule has 0 atom stereocenters. The Morgan fingerprint density at radius 2 is 2.27 bits per heavy atom. The van der Waals surface area contributed by atoms with Crippen LogP contribution in [-0.4, -0.2) is 5.16 Å². The number of aromatic nitrogens is 1. The molecule has 1 aromatic heterocycles. The Morgan fingerprint density at radius 1 is 1.47 bits per heavy atom. The van der Waals surface area contributed by atoms with Gasteiger partial charge in [-0.3, -0.25) is 0 Å².